The molecule has 3 N–H and O–H groups in total. The average molecular weight is 296 g/mol. The van der Waals surface area contributed by atoms with Crippen LogP contribution in [-0.2, 0) is 6.42 Å². The maximum Gasteiger partial charge on any atom is 0.0931 e. The van der Waals surface area contributed by atoms with Gasteiger partial charge in [0.15, 0.2) is 0 Å². The highest BCUT2D eigenvalue weighted by atomic mass is 35.5. The summed E-state index contributed by atoms with van der Waals surface area (Å²) in [7, 11) is 4.06. The van der Waals surface area contributed by atoms with Crippen LogP contribution in [0.1, 0.15) is 16.5 Å². The van der Waals surface area contributed by atoms with Crippen molar-refractivity contribution in [3.05, 3.63) is 51.2 Å². The standard InChI is InChI=1S/C14H18ClN3S/c1-18(2)11-5-3-10(4-6-11)13(17-16)9-12-7-8-14(15)19-12/h3-8,13,17H,9,16H2,1-2H3. The zero-order valence-electron chi connectivity index (χ0n) is 11.1. The lowest BCUT2D eigenvalue weighted by Gasteiger charge is -2.18. The molecule has 1 atom stereocenters. The number of hydrazine groups is 1. The van der Waals surface area contributed by atoms with Crippen LogP contribution in [0.4, 0.5) is 5.69 Å². The molecule has 19 heavy (non-hydrogen) atoms. The van der Waals surface area contributed by atoms with E-state index in [2.05, 4.69) is 34.6 Å². The Hall–Kier alpha value is -1.07. The van der Waals surface area contributed by atoms with E-state index in [0.29, 0.717) is 0 Å². The van der Waals surface area contributed by atoms with Gasteiger partial charge in [-0.2, -0.15) is 0 Å². The molecular weight excluding hydrogens is 278 g/mol. The summed E-state index contributed by atoms with van der Waals surface area (Å²) in [6.07, 6.45) is 0.842. The van der Waals surface area contributed by atoms with Gasteiger partial charge in [-0.3, -0.25) is 11.3 Å². The van der Waals surface area contributed by atoms with Gasteiger partial charge in [-0.15, -0.1) is 11.3 Å². The summed E-state index contributed by atoms with van der Waals surface area (Å²) in [6, 6.07) is 12.5. The van der Waals surface area contributed by atoms with Crippen molar-refractivity contribution in [3.63, 3.8) is 0 Å². The Balaban J connectivity index is 2.12. The van der Waals surface area contributed by atoms with Crippen molar-refractivity contribution in [1.82, 2.24) is 5.43 Å². The molecule has 1 aromatic heterocycles. The fourth-order valence-corrected chi connectivity index (χ4v) is 3.07. The molecule has 5 heteroatoms. The summed E-state index contributed by atoms with van der Waals surface area (Å²) >= 11 is 7.55. The summed E-state index contributed by atoms with van der Waals surface area (Å²) in [5.41, 5.74) is 5.23. The summed E-state index contributed by atoms with van der Waals surface area (Å²) in [5, 5.41) is 0. The monoisotopic (exact) mass is 295 g/mol. The molecule has 0 fully saturated rings. The van der Waals surface area contributed by atoms with Gasteiger partial charge < -0.3 is 4.90 Å². The van der Waals surface area contributed by atoms with Gasteiger partial charge >= 0.3 is 0 Å². The van der Waals surface area contributed by atoms with Gasteiger partial charge in [-0.25, -0.2) is 0 Å². The molecule has 3 nitrogen and oxygen atoms in total. The van der Waals surface area contributed by atoms with Crippen molar-refractivity contribution < 1.29 is 0 Å². The minimum Gasteiger partial charge on any atom is -0.378 e. The molecule has 0 aliphatic carbocycles. The highest BCUT2D eigenvalue weighted by Crippen LogP contribution is 2.27. The summed E-state index contributed by atoms with van der Waals surface area (Å²) in [4.78, 5) is 3.30. The summed E-state index contributed by atoms with van der Waals surface area (Å²) in [6.45, 7) is 0. The van der Waals surface area contributed by atoms with Crippen molar-refractivity contribution in [2.45, 2.75) is 12.5 Å². The Morgan fingerprint density at radius 3 is 2.37 bits per heavy atom. The van der Waals surface area contributed by atoms with Crippen LogP contribution in [-0.4, -0.2) is 14.1 Å². The Labute approximate surface area is 123 Å². The highest BCUT2D eigenvalue weighted by Gasteiger charge is 2.12. The SMILES string of the molecule is CN(C)c1ccc(C(Cc2ccc(Cl)s2)NN)cc1. The van der Waals surface area contributed by atoms with E-state index in [-0.39, 0.29) is 6.04 Å². The number of nitrogens with zero attached hydrogens (tertiary/aromatic N) is 1. The lowest BCUT2D eigenvalue weighted by molar-refractivity contribution is 0.555. The predicted octanol–water partition coefficient (Wildman–Crippen LogP) is 3.21. The average Bonchev–Trinajstić information content (AvgIpc) is 2.81. The van der Waals surface area contributed by atoms with E-state index in [1.807, 2.05) is 26.2 Å². The Morgan fingerprint density at radius 2 is 1.89 bits per heavy atom. The van der Waals surface area contributed by atoms with Crippen LogP contribution in [0.2, 0.25) is 4.34 Å². The van der Waals surface area contributed by atoms with E-state index in [9.17, 15) is 0 Å². The van der Waals surface area contributed by atoms with Crippen molar-refractivity contribution in [2.24, 2.45) is 5.84 Å². The molecule has 2 rings (SSSR count). The van der Waals surface area contributed by atoms with Crippen LogP contribution in [0.15, 0.2) is 36.4 Å². The van der Waals surface area contributed by atoms with Crippen molar-refractivity contribution in [2.75, 3.05) is 19.0 Å². The van der Waals surface area contributed by atoms with Gasteiger partial charge in [0.2, 0.25) is 0 Å². The molecule has 0 aliphatic heterocycles. The van der Waals surface area contributed by atoms with Gasteiger partial charge in [0.1, 0.15) is 0 Å². The second kappa shape index (κ2) is 6.39. The lowest BCUT2D eigenvalue weighted by atomic mass is 10.0. The predicted molar refractivity (Wildman–Crippen MR) is 83.9 cm³/mol. The first-order chi connectivity index (χ1) is 9.10. The third-order valence-corrected chi connectivity index (χ3v) is 4.30. The molecule has 1 aromatic carbocycles. The molecule has 0 saturated carbocycles. The maximum absolute atomic E-state index is 5.95. The van der Waals surface area contributed by atoms with E-state index in [0.717, 1.165) is 10.8 Å². The smallest absolute Gasteiger partial charge is 0.0931 e. The van der Waals surface area contributed by atoms with Gasteiger partial charge in [0, 0.05) is 31.1 Å². The first-order valence-electron chi connectivity index (χ1n) is 6.08. The summed E-state index contributed by atoms with van der Waals surface area (Å²) < 4.78 is 0.814. The zero-order valence-corrected chi connectivity index (χ0v) is 12.6. The van der Waals surface area contributed by atoms with Crippen LogP contribution in [0.5, 0.6) is 0 Å². The first kappa shape index (κ1) is 14.3. The zero-order chi connectivity index (χ0) is 13.8. The Kier molecular flexibility index (Phi) is 4.82. The van der Waals surface area contributed by atoms with Crippen LogP contribution in [0.25, 0.3) is 0 Å². The number of nitrogens with two attached hydrogens (primary N) is 1. The number of thiophene rings is 1. The van der Waals surface area contributed by atoms with Gasteiger partial charge in [-0.1, -0.05) is 23.7 Å². The quantitative estimate of drug-likeness (QED) is 0.657. The number of nitrogens with one attached hydrogen (secondary N) is 1. The number of benzene rings is 1. The number of hydrogen-bond donors (Lipinski definition) is 2. The van der Waals surface area contributed by atoms with Crippen molar-refractivity contribution in [3.8, 4) is 0 Å². The van der Waals surface area contributed by atoms with Crippen LogP contribution >= 0.6 is 22.9 Å². The lowest BCUT2D eigenvalue weighted by Crippen LogP contribution is -2.29. The largest absolute Gasteiger partial charge is 0.378 e. The van der Waals surface area contributed by atoms with Gasteiger partial charge in [0.05, 0.1) is 10.4 Å². The fraction of sp³-hybridized carbons (Fsp3) is 0.286. The molecule has 102 valence electrons. The topological polar surface area (TPSA) is 41.3 Å². The molecular formula is C14H18ClN3S. The van der Waals surface area contributed by atoms with Crippen molar-refractivity contribution in [1.29, 1.82) is 0 Å². The number of anilines is 1. The highest BCUT2D eigenvalue weighted by molar-refractivity contribution is 7.16. The van der Waals surface area contributed by atoms with Crippen LogP contribution in [0, 0.1) is 0 Å². The normalized spacial score (nSPS) is 12.4. The molecule has 0 spiro atoms. The molecule has 0 amide bonds. The second-order valence-corrected chi connectivity index (χ2v) is 6.41. The van der Waals surface area contributed by atoms with Gasteiger partial charge in [0.25, 0.3) is 0 Å². The minimum absolute atomic E-state index is 0.103. The molecule has 0 bridgehead atoms. The molecule has 2 aromatic rings. The van der Waals surface area contributed by atoms with Crippen LogP contribution in [0.3, 0.4) is 0 Å². The van der Waals surface area contributed by atoms with Crippen molar-refractivity contribution >= 4 is 28.6 Å². The van der Waals surface area contributed by atoms with Crippen LogP contribution < -0.4 is 16.2 Å². The van der Waals surface area contributed by atoms with E-state index in [1.165, 1.54) is 16.1 Å². The minimum atomic E-state index is 0.103. The molecule has 0 aliphatic rings. The van der Waals surface area contributed by atoms with E-state index >= 15 is 0 Å². The Morgan fingerprint density at radius 1 is 1.21 bits per heavy atom. The third kappa shape index (κ3) is 3.70. The fourth-order valence-electron chi connectivity index (χ4n) is 1.94. The van der Waals surface area contributed by atoms with E-state index in [4.69, 9.17) is 17.4 Å². The number of hydrogen-bond acceptors (Lipinski definition) is 4. The summed E-state index contributed by atoms with van der Waals surface area (Å²) in [5.74, 6) is 5.67. The van der Waals surface area contributed by atoms with E-state index < -0.39 is 0 Å². The molecule has 1 heterocycles. The van der Waals surface area contributed by atoms with Gasteiger partial charge in [-0.05, 0) is 29.8 Å². The number of rotatable bonds is 5. The molecule has 0 radical (unpaired) electrons. The Bertz CT molecular complexity index is 522. The maximum atomic E-state index is 5.95. The molecule has 0 saturated heterocycles. The third-order valence-electron chi connectivity index (χ3n) is 3.05. The second-order valence-electron chi connectivity index (χ2n) is 4.62. The van der Waals surface area contributed by atoms with E-state index in [1.54, 1.807) is 11.3 Å². The number of halogens is 1. The first-order valence-corrected chi connectivity index (χ1v) is 7.27. The molecule has 1 unspecified atom stereocenters.